The summed E-state index contributed by atoms with van der Waals surface area (Å²) in [5.74, 6) is 0.502. The van der Waals surface area contributed by atoms with Crippen LogP contribution in [-0.2, 0) is 4.79 Å². The first-order chi connectivity index (χ1) is 4.74. The minimum atomic E-state index is -0.246. The summed E-state index contributed by atoms with van der Waals surface area (Å²) >= 11 is 0. The Bertz CT molecular complexity index is 122. The molecule has 0 aromatic carbocycles. The van der Waals surface area contributed by atoms with E-state index in [1.807, 2.05) is 6.92 Å². The number of aliphatic hydroxyl groups is 1. The van der Waals surface area contributed by atoms with Gasteiger partial charge in [0.2, 0.25) is 0 Å². The minimum absolute atomic E-state index is 0.117. The Balaban J connectivity index is 2.40. The molecule has 0 heterocycles. The molecule has 1 aliphatic rings. The molecule has 1 aliphatic carbocycles. The molecule has 1 rings (SSSR count). The number of hydrogen-bond donors (Lipinski definition) is 1. The fraction of sp³-hybridized carbons (Fsp3) is 0.875. The van der Waals surface area contributed by atoms with Crippen LogP contribution in [0.4, 0.5) is 0 Å². The Labute approximate surface area is 61.2 Å². The summed E-state index contributed by atoms with van der Waals surface area (Å²) in [5, 5.41) is 9.32. The number of rotatable bonds is 1. The molecule has 0 bridgehead atoms. The normalized spacial score (nSPS) is 41.2. The fourth-order valence-electron chi connectivity index (χ4n) is 1.45. The standard InChI is InChI=1S/C8H14O2/c1-6-2-3-7(5-9)4-8(6)10/h5-8,10H,2-4H2,1H3. The predicted octanol–water partition coefficient (Wildman–Crippen LogP) is 0.982. The Morgan fingerprint density at radius 1 is 1.50 bits per heavy atom. The van der Waals surface area contributed by atoms with E-state index in [4.69, 9.17) is 0 Å². The average Bonchev–Trinajstić information content (AvgIpc) is 1.95. The Hall–Kier alpha value is -0.370. The third-order valence-electron chi connectivity index (χ3n) is 2.39. The van der Waals surface area contributed by atoms with Crippen LogP contribution < -0.4 is 0 Å². The van der Waals surface area contributed by atoms with Crippen molar-refractivity contribution < 1.29 is 9.90 Å². The van der Waals surface area contributed by atoms with Crippen molar-refractivity contribution in [2.75, 3.05) is 0 Å². The highest BCUT2D eigenvalue weighted by Gasteiger charge is 2.25. The van der Waals surface area contributed by atoms with Crippen molar-refractivity contribution in [2.45, 2.75) is 32.3 Å². The summed E-state index contributed by atoms with van der Waals surface area (Å²) in [6, 6.07) is 0. The van der Waals surface area contributed by atoms with Crippen LogP contribution in [0.2, 0.25) is 0 Å². The number of carbonyl (C=O) groups is 1. The number of carbonyl (C=O) groups excluding carboxylic acids is 1. The van der Waals surface area contributed by atoms with Gasteiger partial charge in [-0.15, -0.1) is 0 Å². The fourth-order valence-corrected chi connectivity index (χ4v) is 1.45. The SMILES string of the molecule is CC1CCC(C=O)CC1O. The van der Waals surface area contributed by atoms with Gasteiger partial charge < -0.3 is 9.90 Å². The van der Waals surface area contributed by atoms with Crippen LogP contribution in [0.5, 0.6) is 0 Å². The smallest absolute Gasteiger partial charge is 0.123 e. The molecule has 10 heavy (non-hydrogen) atoms. The van der Waals surface area contributed by atoms with E-state index < -0.39 is 0 Å². The number of aldehydes is 1. The van der Waals surface area contributed by atoms with E-state index in [1.165, 1.54) is 0 Å². The molecule has 0 aliphatic heterocycles. The van der Waals surface area contributed by atoms with Crippen molar-refractivity contribution in [3.8, 4) is 0 Å². The molecule has 58 valence electrons. The maximum Gasteiger partial charge on any atom is 0.123 e. The lowest BCUT2D eigenvalue weighted by Gasteiger charge is -2.27. The highest BCUT2D eigenvalue weighted by molar-refractivity contribution is 5.53. The monoisotopic (exact) mass is 142 g/mol. The molecule has 1 fully saturated rings. The van der Waals surface area contributed by atoms with E-state index in [9.17, 15) is 9.90 Å². The van der Waals surface area contributed by atoms with Crippen LogP contribution in [0.15, 0.2) is 0 Å². The molecule has 2 heteroatoms. The van der Waals surface area contributed by atoms with Crippen LogP contribution in [0.25, 0.3) is 0 Å². The molecule has 0 radical (unpaired) electrons. The van der Waals surface area contributed by atoms with Crippen molar-refractivity contribution in [1.29, 1.82) is 0 Å². The first kappa shape index (κ1) is 7.73. The van der Waals surface area contributed by atoms with Gasteiger partial charge in [-0.25, -0.2) is 0 Å². The lowest BCUT2D eigenvalue weighted by Crippen LogP contribution is -2.27. The number of hydrogen-bond acceptors (Lipinski definition) is 2. The van der Waals surface area contributed by atoms with Gasteiger partial charge in [-0.05, 0) is 25.2 Å². The van der Waals surface area contributed by atoms with Gasteiger partial charge in [-0.3, -0.25) is 0 Å². The van der Waals surface area contributed by atoms with Gasteiger partial charge in [0, 0.05) is 5.92 Å². The minimum Gasteiger partial charge on any atom is -0.393 e. The summed E-state index contributed by atoms with van der Waals surface area (Å²) < 4.78 is 0. The Kier molecular flexibility index (Phi) is 2.44. The van der Waals surface area contributed by atoms with Gasteiger partial charge in [0.25, 0.3) is 0 Å². The van der Waals surface area contributed by atoms with E-state index in [1.54, 1.807) is 0 Å². The molecule has 0 aromatic rings. The maximum atomic E-state index is 10.3. The van der Waals surface area contributed by atoms with E-state index >= 15 is 0 Å². The van der Waals surface area contributed by atoms with E-state index in [2.05, 4.69) is 0 Å². The van der Waals surface area contributed by atoms with Gasteiger partial charge in [0.15, 0.2) is 0 Å². The van der Waals surface area contributed by atoms with Crippen LogP contribution in [0, 0.1) is 11.8 Å². The second-order valence-electron chi connectivity index (χ2n) is 3.25. The molecular formula is C8H14O2. The summed E-state index contributed by atoms with van der Waals surface area (Å²) in [5.41, 5.74) is 0. The van der Waals surface area contributed by atoms with E-state index in [0.717, 1.165) is 19.1 Å². The van der Waals surface area contributed by atoms with Gasteiger partial charge in [-0.2, -0.15) is 0 Å². The summed E-state index contributed by atoms with van der Waals surface area (Å²) in [7, 11) is 0. The molecule has 2 nitrogen and oxygen atoms in total. The zero-order valence-corrected chi connectivity index (χ0v) is 6.29. The predicted molar refractivity (Wildman–Crippen MR) is 38.6 cm³/mol. The lowest BCUT2D eigenvalue weighted by molar-refractivity contribution is -0.113. The summed E-state index contributed by atoms with van der Waals surface area (Å²) in [6.45, 7) is 2.03. The van der Waals surface area contributed by atoms with Crippen LogP contribution in [0.3, 0.4) is 0 Å². The summed E-state index contributed by atoms with van der Waals surface area (Å²) in [4.78, 5) is 10.3. The number of aliphatic hydroxyl groups excluding tert-OH is 1. The zero-order valence-electron chi connectivity index (χ0n) is 6.29. The quantitative estimate of drug-likeness (QED) is 0.554. The zero-order chi connectivity index (χ0) is 7.56. The molecule has 1 saturated carbocycles. The van der Waals surface area contributed by atoms with Gasteiger partial charge in [0.1, 0.15) is 6.29 Å². The van der Waals surface area contributed by atoms with Crippen LogP contribution in [0.1, 0.15) is 26.2 Å². The third kappa shape index (κ3) is 1.57. The highest BCUT2D eigenvalue weighted by atomic mass is 16.3. The van der Waals surface area contributed by atoms with Crippen molar-refractivity contribution in [1.82, 2.24) is 0 Å². The molecule has 3 atom stereocenters. The average molecular weight is 142 g/mol. The third-order valence-corrected chi connectivity index (χ3v) is 2.39. The molecule has 0 saturated heterocycles. The van der Waals surface area contributed by atoms with Crippen LogP contribution >= 0.6 is 0 Å². The highest BCUT2D eigenvalue weighted by Crippen LogP contribution is 2.27. The second-order valence-corrected chi connectivity index (χ2v) is 3.25. The van der Waals surface area contributed by atoms with Gasteiger partial charge in [0.05, 0.1) is 6.10 Å². The molecule has 0 spiro atoms. The molecular weight excluding hydrogens is 128 g/mol. The second kappa shape index (κ2) is 3.15. The first-order valence-corrected chi connectivity index (χ1v) is 3.87. The van der Waals surface area contributed by atoms with Crippen molar-refractivity contribution in [3.05, 3.63) is 0 Å². The molecule has 0 aromatic heterocycles. The van der Waals surface area contributed by atoms with Crippen molar-refractivity contribution in [2.24, 2.45) is 11.8 Å². The lowest BCUT2D eigenvalue weighted by atomic mass is 9.82. The largest absolute Gasteiger partial charge is 0.393 e. The first-order valence-electron chi connectivity index (χ1n) is 3.87. The van der Waals surface area contributed by atoms with Crippen molar-refractivity contribution in [3.63, 3.8) is 0 Å². The topological polar surface area (TPSA) is 37.3 Å². The maximum absolute atomic E-state index is 10.3. The molecule has 1 N–H and O–H groups in total. The van der Waals surface area contributed by atoms with E-state index in [0.29, 0.717) is 12.3 Å². The molecule has 3 unspecified atom stereocenters. The van der Waals surface area contributed by atoms with E-state index in [-0.39, 0.29) is 12.0 Å². The Morgan fingerprint density at radius 3 is 2.70 bits per heavy atom. The van der Waals surface area contributed by atoms with Crippen molar-refractivity contribution >= 4 is 6.29 Å². The summed E-state index contributed by atoms with van der Waals surface area (Å²) in [6.07, 6.45) is 3.34. The molecule has 0 amide bonds. The van der Waals surface area contributed by atoms with Gasteiger partial charge >= 0.3 is 0 Å². The Morgan fingerprint density at radius 2 is 2.20 bits per heavy atom. The van der Waals surface area contributed by atoms with Gasteiger partial charge in [-0.1, -0.05) is 6.92 Å². The van der Waals surface area contributed by atoms with Crippen LogP contribution in [-0.4, -0.2) is 17.5 Å².